The molecule has 0 aliphatic heterocycles. The van der Waals surface area contributed by atoms with Gasteiger partial charge in [0.2, 0.25) is 0 Å². The molecule has 0 bridgehead atoms. The van der Waals surface area contributed by atoms with E-state index in [0.29, 0.717) is 0 Å². The molecule has 0 spiro atoms. The summed E-state index contributed by atoms with van der Waals surface area (Å²) in [5.74, 6) is 2.38. The zero-order chi connectivity index (χ0) is 59.6. The van der Waals surface area contributed by atoms with Gasteiger partial charge in [-0.1, -0.05) is 145 Å². The van der Waals surface area contributed by atoms with Crippen molar-refractivity contribution in [3.8, 4) is 51.2 Å². The van der Waals surface area contributed by atoms with Crippen molar-refractivity contribution in [2.75, 3.05) is 0 Å². The van der Waals surface area contributed by atoms with E-state index < -0.39 is 5.41 Å². The van der Waals surface area contributed by atoms with E-state index in [1.165, 1.54) is 100 Å². The standard InChI is InChI=1S/C77H72N9.Ir/c1-50-41-53(4)71(54(5)42-50)84-47-78-81-74(84)65-29-17-59(18-30-65)11-14-62-23-35-68(36-24-62)77(10,69-37-25-63(26-38-69)15-12-60-19-31-66(32-20-60)75-82-79-48-85(75)72-55(6)43-51(2)44-56(72)7)70-39-27-64(28-40-70)16-13-61-21-33-67(34-22-61)76-83-80-49-86(76)73-57(8)45-52(3)46-58(73)9;/h17-29,31,33,35-49H,11-16H2,1-10H3;/q-3;+3. The van der Waals surface area contributed by atoms with Gasteiger partial charge >= 0.3 is 20.1 Å². The summed E-state index contributed by atoms with van der Waals surface area (Å²) in [5.41, 5.74) is 28.0. The van der Waals surface area contributed by atoms with Crippen LogP contribution >= 0.6 is 0 Å². The molecule has 3 aromatic heterocycles. The van der Waals surface area contributed by atoms with Gasteiger partial charge in [0, 0.05) is 22.5 Å². The Morgan fingerprint density at radius 3 is 0.782 bits per heavy atom. The van der Waals surface area contributed by atoms with E-state index in [1.807, 2.05) is 0 Å². The van der Waals surface area contributed by atoms with Crippen LogP contribution in [0.15, 0.2) is 183 Å². The smallest absolute Gasteiger partial charge is 0.322 e. The number of nitrogens with zero attached hydrogens (tertiary/aromatic N) is 9. The number of hydrogen-bond donors (Lipinski definition) is 0. The fourth-order valence-electron chi connectivity index (χ4n) is 13.0. The molecule has 3 heterocycles. The predicted molar refractivity (Wildman–Crippen MR) is 347 cm³/mol. The van der Waals surface area contributed by atoms with Gasteiger partial charge in [0.25, 0.3) is 0 Å². The Balaban J connectivity index is 0.00000784. The molecule has 87 heavy (non-hydrogen) atoms. The fourth-order valence-corrected chi connectivity index (χ4v) is 13.0. The first-order chi connectivity index (χ1) is 41.7. The van der Waals surface area contributed by atoms with E-state index in [1.54, 1.807) is 19.0 Å². The van der Waals surface area contributed by atoms with Crippen LogP contribution in [0.25, 0.3) is 51.2 Å². The average Bonchev–Trinajstić information content (AvgIpc) is 2.18. The molecule has 0 saturated carbocycles. The number of benzene rings is 9. The van der Waals surface area contributed by atoms with E-state index in [4.69, 9.17) is 0 Å². The van der Waals surface area contributed by atoms with Gasteiger partial charge in [-0.05, 0) is 155 Å². The molecule has 10 heteroatoms. The Kier molecular flexibility index (Phi) is 17.6. The molecule has 0 saturated heterocycles. The average molecular weight is 1320 g/mol. The van der Waals surface area contributed by atoms with Crippen LogP contribution in [0.3, 0.4) is 0 Å². The van der Waals surface area contributed by atoms with Crippen LogP contribution in [0.1, 0.15) is 107 Å². The van der Waals surface area contributed by atoms with Crippen molar-refractivity contribution in [3.63, 3.8) is 0 Å². The first-order valence-corrected chi connectivity index (χ1v) is 29.9. The fraction of sp³-hybridized carbons (Fsp3) is 0.221. The molecule has 0 radical (unpaired) electrons. The normalized spacial score (nSPS) is 11.5. The van der Waals surface area contributed by atoms with Crippen LogP contribution in [0.5, 0.6) is 0 Å². The van der Waals surface area contributed by atoms with Gasteiger partial charge < -0.3 is 13.7 Å². The van der Waals surface area contributed by atoms with E-state index in [0.717, 1.165) is 89.8 Å². The summed E-state index contributed by atoms with van der Waals surface area (Å²) in [6, 6.07) is 71.1. The van der Waals surface area contributed by atoms with Crippen LogP contribution < -0.4 is 0 Å². The Morgan fingerprint density at radius 1 is 0.322 bits per heavy atom. The van der Waals surface area contributed by atoms with Gasteiger partial charge in [-0.25, -0.2) is 0 Å². The molecule has 9 nitrogen and oxygen atoms in total. The summed E-state index contributed by atoms with van der Waals surface area (Å²) in [4.78, 5) is 0. The van der Waals surface area contributed by atoms with E-state index >= 15 is 0 Å². The third-order valence-corrected chi connectivity index (χ3v) is 17.3. The minimum atomic E-state index is -0.418. The van der Waals surface area contributed by atoms with Gasteiger partial charge in [0.1, 0.15) is 19.0 Å². The van der Waals surface area contributed by atoms with Crippen molar-refractivity contribution < 1.29 is 20.1 Å². The molecule has 434 valence electrons. The zero-order valence-electron chi connectivity index (χ0n) is 51.4. The number of aryl methyl sites for hydroxylation is 15. The van der Waals surface area contributed by atoms with Crippen molar-refractivity contribution in [3.05, 3.63) is 301 Å². The van der Waals surface area contributed by atoms with Gasteiger partial charge in [0.15, 0.2) is 0 Å². The van der Waals surface area contributed by atoms with Crippen molar-refractivity contribution in [2.24, 2.45) is 0 Å². The maximum Gasteiger partial charge on any atom is 3.00 e. The molecule has 9 aromatic carbocycles. The second-order valence-corrected chi connectivity index (χ2v) is 23.9. The number of aromatic nitrogens is 9. The minimum absolute atomic E-state index is 0. The summed E-state index contributed by atoms with van der Waals surface area (Å²) in [6.45, 7) is 21.7. The minimum Gasteiger partial charge on any atom is -0.322 e. The SMILES string of the molecule is Cc1cc(C)c(-n2cnnc2-c2[c-]cc(CCc3ccc(C(C)(c4ccc(CCc5c[c-]c(-c6nncn6-c6c(C)cc(C)cc6C)cc5)cc4)c4ccc(CCc5c[c-]c(-c6nncn6-c6c(C)cc(C)cc6C)cc5)cc4)cc3)cc2)c(C)c1.[Ir+3]. The van der Waals surface area contributed by atoms with Gasteiger partial charge in [-0.15, -0.1) is 121 Å². The third-order valence-electron chi connectivity index (χ3n) is 17.3. The van der Waals surface area contributed by atoms with Crippen molar-refractivity contribution in [1.82, 2.24) is 44.3 Å². The maximum absolute atomic E-state index is 4.53. The molecule has 12 rings (SSSR count). The molecule has 12 aromatic rings. The van der Waals surface area contributed by atoms with Crippen molar-refractivity contribution in [2.45, 2.75) is 113 Å². The third kappa shape index (κ3) is 12.5. The van der Waals surface area contributed by atoms with Crippen LogP contribution in [0, 0.1) is 80.5 Å². The molecular weight excluding hydrogens is 1240 g/mol. The summed E-state index contributed by atoms with van der Waals surface area (Å²) in [6.07, 6.45) is 10.8. The monoisotopic (exact) mass is 1320 g/mol. The van der Waals surface area contributed by atoms with Crippen LogP contribution in [0.4, 0.5) is 0 Å². The Hall–Kier alpha value is -8.95. The summed E-state index contributed by atoms with van der Waals surface area (Å²) < 4.78 is 6.26. The van der Waals surface area contributed by atoms with Gasteiger partial charge in [-0.3, -0.25) is 0 Å². The van der Waals surface area contributed by atoms with E-state index in [9.17, 15) is 0 Å². The molecule has 0 aliphatic carbocycles. The molecule has 0 atom stereocenters. The topological polar surface area (TPSA) is 92.1 Å². The number of rotatable bonds is 18. The second-order valence-electron chi connectivity index (χ2n) is 23.9. The van der Waals surface area contributed by atoms with Crippen molar-refractivity contribution >= 4 is 0 Å². The molecule has 0 amide bonds. The molecule has 0 aliphatic rings. The second kappa shape index (κ2) is 25.6. The number of hydrogen-bond acceptors (Lipinski definition) is 6. The van der Waals surface area contributed by atoms with Gasteiger partial charge in [0.05, 0.1) is 17.5 Å². The van der Waals surface area contributed by atoms with Crippen molar-refractivity contribution in [1.29, 1.82) is 0 Å². The van der Waals surface area contributed by atoms with Crippen LogP contribution in [-0.4, -0.2) is 44.3 Å². The van der Waals surface area contributed by atoms with E-state index in [-0.39, 0.29) is 20.1 Å². The Morgan fingerprint density at radius 2 is 0.552 bits per heavy atom. The predicted octanol–water partition coefficient (Wildman–Crippen LogP) is 16.3. The maximum atomic E-state index is 4.53. The van der Waals surface area contributed by atoms with E-state index in [2.05, 4.69) is 296 Å². The molecule has 0 fully saturated rings. The first-order valence-electron chi connectivity index (χ1n) is 29.9. The Labute approximate surface area is 526 Å². The van der Waals surface area contributed by atoms with Crippen LogP contribution in [-0.2, 0) is 64.0 Å². The Bertz CT molecular complexity index is 3840. The first kappa shape index (κ1) is 59.8. The van der Waals surface area contributed by atoms with Gasteiger partial charge in [-0.2, -0.15) is 15.3 Å². The summed E-state index contributed by atoms with van der Waals surface area (Å²) in [7, 11) is 0. The largest absolute Gasteiger partial charge is 3.00 e. The molecule has 0 unspecified atom stereocenters. The summed E-state index contributed by atoms with van der Waals surface area (Å²) in [5, 5.41) is 26.5. The zero-order valence-corrected chi connectivity index (χ0v) is 53.8. The van der Waals surface area contributed by atoms with Crippen LogP contribution in [0.2, 0.25) is 0 Å². The quantitative estimate of drug-likeness (QED) is 0.0628. The molecule has 0 N–H and O–H groups in total. The summed E-state index contributed by atoms with van der Waals surface area (Å²) >= 11 is 0. The molecular formula is C77H72IrN9.